The first kappa shape index (κ1) is 19.9. The molecule has 0 radical (unpaired) electrons. The summed E-state index contributed by atoms with van der Waals surface area (Å²) in [6, 6.07) is 6.94. The lowest BCUT2D eigenvalue weighted by molar-refractivity contribution is -0.137. The molecule has 1 atom stereocenters. The first-order chi connectivity index (χ1) is 12.8. The number of hydrogen-bond acceptors (Lipinski definition) is 4. The van der Waals surface area contributed by atoms with Crippen molar-refractivity contribution in [2.24, 2.45) is 0 Å². The Labute approximate surface area is 159 Å². The summed E-state index contributed by atoms with van der Waals surface area (Å²) in [6.45, 7) is 2.34. The minimum absolute atomic E-state index is 0.0512. The molecule has 9 heteroatoms. The Morgan fingerprint density at radius 3 is 2.41 bits per heavy atom. The molecule has 0 bridgehead atoms. The Balaban J connectivity index is 1.60. The van der Waals surface area contributed by atoms with Crippen LogP contribution < -0.4 is 4.90 Å². The van der Waals surface area contributed by atoms with E-state index in [9.17, 15) is 22.7 Å². The smallest absolute Gasteiger partial charge is 0.387 e. The van der Waals surface area contributed by atoms with Gasteiger partial charge in [-0.3, -0.25) is 4.90 Å². The number of piperazine rings is 1. The summed E-state index contributed by atoms with van der Waals surface area (Å²) in [5.74, 6) is -0.150. The van der Waals surface area contributed by atoms with Gasteiger partial charge in [0.25, 0.3) is 0 Å². The molecule has 146 valence electrons. The number of aliphatic hydroxyl groups is 1. The van der Waals surface area contributed by atoms with Crippen molar-refractivity contribution in [2.45, 2.75) is 12.3 Å². The van der Waals surface area contributed by atoms with E-state index < -0.39 is 23.7 Å². The minimum atomic E-state index is -4.49. The van der Waals surface area contributed by atoms with Crippen LogP contribution in [0.15, 0.2) is 36.5 Å². The number of rotatable bonds is 4. The normalized spacial score (nSPS) is 17.2. The van der Waals surface area contributed by atoms with E-state index in [0.29, 0.717) is 32.0 Å². The van der Waals surface area contributed by atoms with Gasteiger partial charge in [-0.15, -0.1) is 0 Å². The highest BCUT2D eigenvalue weighted by molar-refractivity contribution is 6.33. The molecule has 0 amide bonds. The predicted molar refractivity (Wildman–Crippen MR) is 94.3 cm³/mol. The van der Waals surface area contributed by atoms with Crippen molar-refractivity contribution in [1.82, 2.24) is 9.88 Å². The first-order valence-electron chi connectivity index (χ1n) is 8.38. The van der Waals surface area contributed by atoms with E-state index in [4.69, 9.17) is 11.6 Å². The quantitative estimate of drug-likeness (QED) is 0.789. The average Bonchev–Trinajstić information content (AvgIpc) is 2.62. The van der Waals surface area contributed by atoms with Gasteiger partial charge in [0.05, 0.1) is 16.7 Å². The van der Waals surface area contributed by atoms with Gasteiger partial charge < -0.3 is 10.0 Å². The number of nitrogens with zero attached hydrogens (tertiary/aromatic N) is 3. The molecule has 1 aromatic heterocycles. The Kier molecular flexibility index (Phi) is 5.88. The van der Waals surface area contributed by atoms with E-state index in [0.717, 1.165) is 12.3 Å². The molecule has 1 unspecified atom stereocenters. The van der Waals surface area contributed by atoms with Crippen molar-refractivity contribution in [3.8, 4) is 0 Å². The third kappa shape index (κ3) is 4.69. The minimum Gasteiger partial charge on any atom is -0.387 e. The molecule has 1 aliphatic heterocycles. The fraction of sp³-hybridized carbons (Fsp3) is 0.389. The van der Waals surface area contributed by atoms with E-state index in [1.54, 1.807) is 23.1 Å². The topological polar surface area (TPSA) is 39.6 Å². The van der Waals surface area contributed by atoms with Crippen molar-refractivity contribution < 1.29 is 22.7 Å². The van der Waals surface area contributed by atoms with E-state index >= 15 is 0 Å². The fourth-order valence-electron chi connectivity index (χ4n) is 3.05. The van der Waals surface area contributed by atoms with Crippen LogP contribution in [0.2, 0.25) is 5.02 Å². The van der Waals surface area contributed by atoms with E-state index in [1.165, 1.54) is 6.07 Å². The Hall–Kier alpha value is -1.90. The molecule has 3 rings (SSSR count). The van der Waals surface area contributed by atoms with Crippen molar-refractivity contribution in [1.29, 1.82) is 0 Å². The Morgan fingerprint density at radius 2 is 1.81 bits per heavy atom. The van der Waals surface area contributed by atoms with Crippen LogP contribution in [-0.2, 0) is 6.18 Å². The summed E-state index contributed by atoms with van der Waals surface area (Å²) >= 11 is 5.99. The van der Waals surface area contributed by atoms with Crippen LogP contribution >= 0.6 is 11.6 Å². The van der Waals surface area contributed by atoms with Crippen LogP contribution in [0.5, 0.6) is 0 Å². The fourth-order valence-corrected chi connectivity index (χ4v) is 3.33. The summed E-state index contributed by atoms with van der Waals surface area (Å²) in [5, 5.41) is 10.2. The van der Waals surface area contributed by atoms with Crippen LogP contribution in [0.1, 0.15) is 17.2 Å². The number of β-amino-alcohol motifs (C(OH)–C–C–N with tert-alkyl or cyclic N) is 1. The number of hydrogen-bond donors (Lipinski definition) is 1. The van der Waals surface area contributed by atoms with Crippen LogP contribution in [0.4, 0.5) is 23.4 Å². The highest BCUT2D eigenvalue weighted by Gasteiger charge is 2.32. The monoisotopic (exact) mass is 403 g/mol. The van der Waals surface area contributed by atoms with Gasteiger partial charge >= 0.3 is 6.18 Å². The molecule has 0 spiro atoms. The van der Waals surface area contributed by atoms with Crippen molar-refractivity contribution in [3.63, 3.8) is 0 Å². The molecule has 1 aliphatic rings. The van der Waals surface area contributed by atoms with Crippen LogP contribution in [0.3, 0.4) is 0 Å². The number of halogens is 5. The van der Waals surface area contributed by atoms with Gasteiger partial charge in [0.2, 0.25) is 0 Å². The maximum absolute atomic E-state index is 13.7. The lowest BCUT2D eigenvalue weighted by Gasteiger charge is -2.36. The first-order valence-corrected chi connectivity index (χ1v) is 8.76. The van der Waals surface area contributed by atoms with E-state index in [-0.39, 0.29) is 17.1 Å². The highest BCUT2D eigenvalue weighted by Crippen LogP contribution is 2.33. The molecule has 0 aliphatic carbocycles. The zero-order chi connectivity index (χ0) is 19.6. The molecule has 0 saturated carbocycles. The molecule has 4 nitrogen and oxygen atoms in total. The third-order valence-electron chi connectivity index (χ3n) is 4.52. The Bertz CT molecular complexity index is 794. The summed E-state index contributed by atoms with van der Waals surface area (Å²) in [7, 11) is 0. The summed E-state index contributed by atoms with van der Waals surface area (Å²) in [6.07, 6.45) is -4.67. The zero-order valence-corrected chi connectivity index (χ0v) is 15.0. The van der Waals surface area contributed by atoms with Gasteiger partial charge in [0.15, 0.2) is 0 Å². The van der Waals surface area contributed by atoms with E-state index in [1.807, 2.05) is 4.90 Å². The zero-order valence-electron chi connectivity index (χ0n) is 14.3. The molecule has 1 N–H and O–H groups in total. The van der Waals surface area contributed by atoms with Crippen molar-refractivity contribution >= 4 is 17.4 Å². The second-order valence-electron chi connectivity index (χ2n) is 6.35. The molecule has 1 fully saturated rings. The maximum Gasteiger partial charge on any atom is 0.417 e. The number of aliphatic hydroxyl groups excluding tert-OH is 1. The van der Waals surface area contributed by atoms with Crippen LogP contribution in [0, 0.1) is 5.82 Å². The van der Waals surface area contributed by atoms with Crippen molar-refractivity contribution in [2.75, 3.05) is 37.6 Å². The lowest BCUT2D eigenvalue weighted by Crippen LogP contribution is -2.48. The molecular weight excluding hydrogens is 386 g/mol. The number of aromatic nitrogens is 1. The molecule has 1 saturated heterocycles. The summed E-state index contributed by atoms with van der Waals surface area (Å²) < 4.78 is 51.9. The van der Waals surface area contributed by atoms with Gasteiger partial charge in [-0.1, -0.05) is 29.8 Å². The van der Waals surface area contributed by atoms with Crippen molar-refractivity contribution in [3.05, 3.63) is 58.5 Å². The van der Waals surface area contributed by atoms with Gasteiger partial charge in [-0.2, -0.15) is 13.2 Å². The largest absolute Gasteiger partial charge is 0.417 e. The van der Waals surface area contributed by atoms with Crippen LogP contribution in [0.25, 0.3) is 0 Å². The lowest BCUT2D eigenvalue weighted by atomic mass is 10.1. The SMILES string of the molecule is OC(CN1CCN(c2ncc(C(F)(F)F)cc2Cl)CC1)c1ccccc1F. The van der Waals surface area contributed by atoms with Gasteiger partial charge in [-0.25, -0.2) is 9.37 Å². The second kappa shape index (κ2) is 8.00. The summed E-state index contributed by atoms with van der Waals surface area (Å²) in [4.78, 5) is 7.63. The predicted octanol–water partition coefficient (Wildman–Crippen LogP) is 3.75. The van der Waals surface area contributed by atoms with Gasteiger partial charge in [0.1, 0.15) is 11.6 Å². The molecule has 2 aromatic rings. The van der Waals surface area contributed by atoms with Crippen LogP contribution in [-0.4, -0.2) is 47.7 Å². The Morgan fingerprint density at radius 1 is 1.15 bits per heavy atom. The van der Waals surface area contributed by atoms with E-state index in [2.05, 4.69) is 4.98 Å². The number of alkyl halides is 3. The standard InChI is InChI=1S/C18H18ClF4N3O/c19-14-9-12(18(21,22)23)10-24-17(14)26-7-5-25(6-8-26)11-16(27)13-3-1-2-4-15(13)20/h1-4,9-10,16,27H,5-8,11H2. The van der Waals surface area contributed by atoms with Gasteiger partial charge in [-0.05, 0) is 12.1 Å². The number of pyridine rings is 1. The number of anilines is 1. The average molecular weight is 404 g/mol. The second-order valence-corrected chi connectivity index (χ2v) is 6.76. The van der Waals surface area contributed by atoms with Gasteiger partial charge in [0, 0.05) is 44.5 Å². The summed E-state index contributed by atoms with van der Waals surface area (Å²) in [5.41, 5.74) is -0.643. The third-order valence-corrected chi connectivity index (χ3v) is 4.79. The number of benzene rings is 1. The molecular formula is C18H18ClF4N3O. The molecule has 27 heavy (non-hydrogen) atoms. The maximum atomic E-state index is 13.7. The highest BCUT2D eigenvalue weighted by atomic mass is 35.5. The molecule has 1 aromatic carbocycles. The molecule has 2 heterocycles.